The van der Waals surface area contributed by atoms with Crippen molar-refractivity contribution in [3.63, 3.8) is 0 Å². The quantitative estimate of drug-likeness (QED) is 0.923. The molecule has 8 heteroatoms. The summed E-state index contributed by atoms with van der Waals surface area (Å²) in [4.78, 5) is 24.0. The highest BCUT2D eigenvalue weighted by molar-refractivity contribution is 5.81. The first-order chi connectivity index (χ1) is 11.8. The van der Waals surface area contributed by atoms with E-state index in [9.17, 15) is 22.8 Å². The number of carbonyl (C=O) groups excluding carboxylic acids is 1. The monoisotopic (exact) mass is 353 g/mol. The van der Waals surface area contributed by atoms with E-state index in [1.807, 2.05) is 0 Å². The average molecular weight is 353 g/mol. The van der Waals surface area contributed by atoms with Gasteiger partial charge in [0.2, 0.25) is 11.3 Å². The molecule has 1 saturated carbocycles. The number of rotatable bonds is 3. The molecule has 0 saturated heterocycles. The number of amides is 1. The van der Waals surface area contributed by atoms with Gasteiger partial charge in [0.15, 0.2) is 0 Å². The van der Waals surface area contributed by atoms with Crippen LogP contribution in [-0.4, -0.2) is 27.9 Å². The smallest absolute Gasteiger partial charge is 0.352 e. The van der Waals surface area contributed by atoms with Crippen LogP contribution in [0.4, 0.5) is 13.2 Å². The molecule has 1 N–H and O–H groups in total. The van der Waals surface area contributed by atoms with Crippen molar-refractivity contribution < 1.29 is 18.0 Å². The number of hydrogen-bond donors (Lipinski definition) is 1. The van der Waals surface area contributed by atoms with E-state index in [1.165, 1.54) is 4.68 Å². The Balaban J connectivity index is 1.69. The van der Waals surface area contributed by atoms with Crippen molar-refractivity contribution in [2.45, 2.75) is 44.4 Å². The Morgan fingerprint density at radius 1 is 1.28 bits per heavy atom. The first-order valence-electron chi connectivity index (χ1n) is 8.15. The van der Waals surface area contributed by atoms with Crippen molar-refractivity contribution in [3.8, 4) is 0 Å². The van der Waals surface area contributed by atoms with E-state index in [0.717, 1.165) is 6.20 Å². The summed E-state index contributed by atoms with van der Waals surface area (Å²) in [7, 11) is 0. The van der Waals surface area contributed by atoms with Crippen LogP contribution in [0, 0.1) is 5.92 Å². The molecule has 0 radical (unpaired) electrons. The van der Waals surface area contributed by atoms with E-state index in [1.54, 1.807) is 24.3 Å². The lowest BCUT2D eigenvalue weighted by Gasteiger charge is -2.31. The second-order valence-electron chi connectivity index (χ2n) is 6.35. The number of fused-ring (bicyclic) bond motifs is 1. The number of alkyl halides is 3. The topological polar surface area (TPSA) is 64.0 Å². The molecule has 25 heavy (non-hydrogen) atoms. The van der Waals surface area contributed by atoms with Crippen molar-refractivity contribution in [1.82, 2.24) is 15.1 Å². The van der Waals surface area contributed by atoms with Crippen molar-refractivity contribution in [3.05, 3.63) is 40.7 Å². The number of hydrogen-bond acceptors (Lipinski definition) is 3. The molecule has 1 aromatic heterocycles. The second kappa shape index (κ2) is 6.85. The minimum absolute atomic E-state index is 0.0897. The van der Waals surface area contributed by atoms with Gasteiger partial charge in [0.1, 0.15) is 6.54 Å². The Morgan fingerprint density at radius 2 is 2.04 bits per heavy atom. The zero-order valence-electron chi connectivity index (χ0n) is 13.4. The largest absolute Gasteiger partial charge is 0.391 e. The van der Waals surface area contributed by atoms with Crippen molar-refractivity contribution in [1.29, 1.82) is 0 Å². The SMILES string of the molecule is O=C(Cn1ncc(=O)c2ccccc21)N[C@@H]1CCC[C@H](C(F)(F)F)C1. The Kier molecular flexibility index (Phi) is 4.78. The van der Waals surface area contributed by atoms with E-state index in [2.05, 4.69) is 10.4 Å². The zero-order chi connectivity index (χ0) is 18.0. The van der Waals surface area contributed by atoms with Gasteiger partial charge < -0.3 is 5.32 Å². The molecule has 2 aromatic rings. The zero-order valence-corrected chi connectivity index (χ0v) is 13.4. The number of carbonyl (C=O) groups is 1. The van der Waals surface area contributed by atoms with Crippen LogP contribution in [0.2, 0.25) is 0 Å². The number of nitrogens with one attached hydrogen (secondary N) is 1. The lowest BCUT2D eigenvalue weighted by molar-refractivity contribution is -0.184. The molecule has 1 fully saturated rings. The molecule has 1 aliphatic rings. The highest BCUT2D eigenvalue weighted by Crippen LogP contribution is 2.37. The number of nitrogens with zero attached hydrogens (tertiary/aromatic N) is 2. The van der Waals surface area contributed by atoms with Gasteiger partial charge in [-0.15, -0.1) is 0 Å². The number of aromatic nitrogens is 2. The van der Waals surface area contributed by atoms with Gasteiger partial charge in [-0.1, -0.05) is 18.6 Å². The molecule has 1 heterocycles. The Hall–Kier alpha value is -2.38. The van der Waals surface area contributed by atoms with Crippen LogP contribution in [0.1, 0.15) is 25.7 Å². The van der Waals surface area contributed by atoms with Crippen LogP contribution in [0.5, 0.6) is 0 Å². The Morgan fingerprint density at radius 3 is 2.80 bits per heavy atom. The molecular weight excluding hydrogens is 335 g/mol. The predicted molar refractivity (Wildman–Crippen MR) is 85.9 cm³/mol. The van der Waals surface area contributed by atoms with Gasteiger partial charge in [0, 0.05) is 11.4 Å². The fourth-order valence-corrected chi connectivity index (χ4v) is 3.31. The lowest BCUT2D eigenvalue weighted by Crippen LogP contribution is -2.43. The van der Waals surface area contributed by atoms with Gasteiger partial charge in [-0.05, 0) is 31.4 Å². The van der Waals surface area contributed by atoms with Gasteiger partial charge in [-0.2, -0.15) is 18.3 Å². The summed E-state index contributed by atoms with van der Waals surface area (Å²) in [6, 6.07) is 6.28. The van der Waals surface area contributed by atoms with Crippen LogP contribution in [-0.2, 0) is 11.3 Å². The van der Waals surface area contributed by atoms with Crippen molar-refractivity contribution >= 4 is 16.8 Å². The third-order valence-corrected chi connectivity index (χ3v) is 4.56. The standard InChI is InChI=1S/C17H18F3N3O2/c18-17(19,20)11-4-3-5-12(8-11)22-16(25)10-23-14-7-2-1-6-13(14)15(24)9-21-23/h1-2,6-7,9,11-12H,3-5,8,10H2,(H,22,25)/t11-,12+/m0/s1. The summed E-state index contributed by atoms with van der Waals surface area (Å²) in [6.45, 7) is -0.145. The minimum atomic E-state index is -4.22. The van der Waals surface area contributed by atoms with Crippen molar-refractivity contribution in [2.24, 2.45) is 5.92 Å². The summed E-state index contributed by atoms with van der Waals surface area (Å²) in [5.41, 5.74) is 0.273. The molecule has 5 nitrogen and oxygen atoms in total. The normalized spacial score (nSPS) is 21.2. The predicted octanol–water partition coefficient (Wildman–Crippen LogP) is 2.63. The molecule has 134 valence electrons. The van der Waals surface area contributed by atoms with Crippen LogP contribution < -0.4 is 10.7 Å². The Bertz CT molecular complexity index is 832. The lowest BCUT2D eigenvalue weighted by atomic mass is 9.85. The molecular formula is C17H18F3N3O2. The molecule has 3 rings (SSSR count). The third-order valence-electron chi connectivity index (χ3n) is 4.56. The molecule has 0 aliphatic heterocycles. The minimum Gasteiger partial charge on any atom is -0.352 e. The van der Waals surface area contributed by atoms with E-state index in [4.69, 9.17) is 0 Å². The van der Waals surface area contributed by atoms with Crippen LogP contribution in [0.3, 0.4) is 0 Å². The summed E-state index contributed by atoms with van der Waals surface area (Å²) >= 11 is 0. The first-order valence-corrected chi connectivity index (χ1v) is 8.15. The van der Waals surface area contributed by atoms with Gasteiger partial charge in [0.05, 0.1) is 17.6 Å². The molecule has 0 spiro atoms. The molecule has 1 amide bonds. The summed E-state index contributed by atoms with van der Waals surface area (Å²) in [5.74, 6) is -1.77. The summed E-state index contributed by atoms with van der Waals surface area (Å²) < 4.78 is 39.9. The van der Waals surface area contributed by atoms with Crippen LogP contribution in [0.15, 0.2) is 35.3 Å². The fourth-order valence-electron chi connectivity index (χ4n) is 3.31. The van der Waals surface area contributed by atoms with Gasteiger partial charge >= 0.3 is 6.18 Å². The first kappa shape index (κ1) is 17.4. The molecule has 2 atom stereocenters. The van der Waals surface area contributed by atoms with Gasteiger partial charge in [-0.25, -0.2) is 0 Å². The highest BCUT2D eigenvalue weighted by atomic mass is 19.4. The van der Waals surface area contributed by atoms with Crippen LogP contribution in [0.25, 0.3) is 10.9 Å². The van der Waals surface area contributed by atoms with E-state index < -0.39 is 24.0 Å². The fraction of sp³-hybridized carbons (Fsp3) is 0.471. The third kappa shape index (κ3) is 4.00. The van der Waals surface area contributed by atoms with E-state index in [0.29, 0.717) is 23.7 Å². The summed E-state index contributed by atoms with van der Waals surface area (Å²) in [6.07, 6.45) is -2.09. The highest BCUT2D eigenvalue weighted by Gasteiger charge is 2.42. The molecule has 0 bridgehead atoms. The van der Waals surface area contributed by atoms with E-state index in [-0.39, 0.29) is 24.8 Å². The maximum absolute atomic E-state index is 12.9. The maximum atomic E-state index is 12.9. The van der Waals surface area contributed by atoms with Gasteiger partial charge in [-0.3, -0.25) is 14.3 Å². The van der Waals surface area contributed by atoms with E-state index >= 15 is 0 Å². The molecule has 1 aromatic carbocycles. The van der Waals surface area contributed by atoms with Crippen molar-refractivity contribution in [2.75, 3.05) is 0 Å². The molecule has 0 unspecified atom stereocenters. The van der Waals surface area contributed by atoms with Gasteiger partial charge in [0.25, 0.3) is 0 Å². The Labute approximate surface area is 141 Å². The van der Waals surface area contributed by atoms with Crippen LogP contribution >= 0.6 is 0 Å². The number of halogens is 3. The second-order valence-corrected chi connectivity index (χ2v) is 6.35. The summed E-state index contributed by atoms with van der Waals surface area (Å²) in [5, 5.41) is 7.07. The molecule has 1 aliphatic carbocycles. The average Bonchev–Trinajstić information content (AvgIpc) is 2.57. The maximum Gasteiger partial charge on any atom is 0.391 e. The number of para-hydroxylation sites is 1. The number of benzene rings is 1.